The van der Waals surface area contributed by atoms with Crippen molar-refractivity contribution in [2.45, 2.75) is 13.8 Å². The number of aryl methyl sites for hydroxylation is 2. The summed E-state index contributed by atoms with van der Waals surface area (Å²) in [5, 5.41) is 11.6. The lowest BCUT2D eigenvalue weighted by molar-refractivity contribution is 0.0988. The molecule has 4 aromatic heterocycles. The molecular formula is C24H21N7O3. The lowest BCUT2D eigenvalue weighted by Crippen LogP contribution is -2.27. The predicted octanol–water partition coefficient (Wildman–Crippen LogP) is 3.73. The van der Waals surface area contributed by atoms with Crippen LogP contribution in [0.5, 0.6) is 0 Å². The Morgan fingerprint density at radius 3 is 2.53 bits per heavy atom. The van der Waals surface area contributed by atoms with Gasteiger partial charge in [0, 0.05) is 31.2 Å². The second kappa shape index (κ2) is 8.99. The van der Waals surface area contributed by atoms with Gasteiger partial charge in [-0.05, 0) is 49.2 Å². The summed E-state index contributed by atoms with van der Waals surface area (Å²) in [5.41, 5.74) is 5.18. The van der Waals surface area contributed by atoms with Crippen LogP contribution in [0.25, 0.3) is 16.9 Å². The summed E-state index contributed by atoms with van der Waals surface area (Å²) in [6.45, 7) is 3.69. The second-order valence-electron chi connectivity index (χ2n) is 7.63. The number of fused-ring (bicyclic) bond motifs is 1. The van der Waals surface area contributed by atoms with E-state index in [1.165, 1.54) is 18.2 Å². The van der Waals surface area contributed by atoms with Crippen molar-refractivity contribution in [3.63, 3.8) is 0 Å². The Hall–Kier alpha value is -4.78. The van der Waals surface area contributed by atoms with Crippen LogP contribution in [-0.4, -0.2) is 45.5 Å². The molecule has 4 heterocycles. The van der Waals surface area contributed by atoms with Crippen molar-refractivity contribution in [3.05, 3.63) is 71.4 Å². The molecule has 0 fully saturated rings. The maximum atomic E-state index is 13.1. The van der Waals surface area contributed by atoms with Crippen molar-refractivity contribution in [1.82, 2.24) is 19.4 Å². The molecule has 0 saturated carbocycles. The van der Waals surface area contributed by atoms with Crippen molar-refractivity contribution in [3.8, 4) is 17.3 Å². The van der Waals surface area contributed by atoms with Crippen LogP contribution in [0, 0.1) is 25.2 Å². The van der Waals surface area contributed by atoms with Gasteiger partial charge in [0.05, 0.1) is 30.3 Å². The van der Waals surface area contributed by atoms with Gasteiger partial charge >= 0.3 is 6.09 Å². The molecule has 4 aromatic rings. The van der Waals surface area contributed by atoms with Crippen molar-refractivity contribution in [2.75, 3.05) is 24.4 Å². The normalized spacial score (nSPS) is 10.6. The number of rotatable bonds is 4. The lowest BCUT2D eigenvalue weighted by Gasteiger charge is -2.19. The van der Waals surface area contributed by atoms with Gasteiger partial charge in [0.25, 0.3) is 5.91 Å². The summed E-state index contributed by atoms with van der Waals surface area (Å²) < 4.78 is 6.46. The first kappa shape index (κ1) is 22.4. The maximum absolute atomic E-state index is 13.1. The number of anilines is 2. The number of amides is 2. The van der Waals surface area contributed by atoms with Crippen LogP contribution in [0.3, 0.4) is 0 Å². The Bertz CT molecular complexity index is 1450. The fourth-order valence-electron chi connectivity index (χ4n) is 3.49. The summed E-state index contributed by atoms with van der Waals surface area (Å²) in [6.07, 6.45) is 5.97. The van der Waals surface area contributed by atoms with Gasteiger partial charge in [-0.2, -0.15) is 5.26 Å². The average molecular weight is 455 g/mol. The molecule has 10 heteroatoms. The Morgan fingerprint density at radius 2 is 1.88 bits per heavy atom. The van der Waals surface area contributed by atoms with Crippen molar-refractivity contribution >= 4 is 29.2 Å². The third-order valence-corrected chi connectivity index (χ3v) is 5.39. The first-order valence-electron chi connectivity index (χ1n) is 10.3. The van der Waals surface area contributed by atoms with Crippen LogP contribution in [0.15, 0.2) is 49.1 Å². The van der Waals surface area contributed by atoms with Crippen molar-refractivity contribution < 1.29 is 14.3 Å². The predicted molar refractivity (Wildman–Crippen MR) is 126 cm³/mol. The molecule has 34 heavy (non-hydrogen) atoms. The van der Waals surface area contributed by atoms with Gasteiger partial charge in [-0.1, -0.05) is 0 Å². The molecule has 0 unspecified atom stereocenters. The van der Waals surface area contributed by atoms with Gasteiger partial charge in [0.2, 0.25) is 0 Å². The number of nitrogens with zero attached hydrogens (tertiary/aromatic N) is 6. The Morgan fingerprint density at radius 1 is 1.09 bits per heavy atom. The minimum absolute atomic E-state index is 0.250. The molecule has 0 aliphatic rings. The zero-order valence-electron chi connectivity index (χ0n) is 19.0. The topological polar surface area (TPSA) is 126 Å². The molecule has 4 rings (SSSR count). The van der Waals surface area contributed by atoms with Crippen molar-refractivity contribution in [2.24, 2.45) is 0 Å². The van der Waals surface area contributed by atoms with Crippen LogP contribution >= 0.6 is 0 Å². The third kappa shape index (κ3) is 4.14. The minimum Gasteiger partial charge on any atom is -0.453 e. The van der Waals surface area contributed by atoms with E-state index in [9.17, 15) is 9.59 Å². The van der Waals surface area contributed by atoms with E-state index in [2.05, 4.69) is 31.1 Å². The Kier molecular flexibility index (Phi) is 5.93. The summed E-state index contributed by atoms with van der Waals surface area (Å²) in [5.74, 6) is 0.0599. The number of pyridine rings is 3. The molecule has 2 amide bonds. The SMILES string of the molecule is COC(=O)Nc1ccc(-c2cnc3c(C)cc(N(C)C(=O)c4cc(C)c(C#N)cn4)cn23)cn1. The standard InChI is InChI=1S/C24H21N7O3/c1-14-8-19(26-11-17(14)9-25)23(32)30(3)18-7-15(2)22-28-12-20(31(22)13-18)16-5-6-21(27-10-16)29-24(33)34-4/h5-8,10-13H,1-4H3,(H,27,29,33). The number of aromatic nitrogens is 4. The van der Waals surface area contributed by atoms with E-state index in [1.54, 1.807) is 38.5 Å². The summed E-state index contributed by atoms with van der Waals surface area (Å²) in [6, 6.07) is 9.02. The van der Waals surface area contributed by atoms with E-state index in [1.807, 2.05) is 29.7 Å². The summed E-state index contributed by atoms with van der Waals surface area (Å²) >= 11 is 0. The average Bonchev–Trinajstić information content (AvgIpc) is 3.28. The number of ether oxygens (including phenoxy) is 1. The highest BCUT2D eigenvalue weighted by Crippen LogP contribution is 2.27. The number of imidazole rings is 1. The molecular weight excluding hydrogens is 434 g/mol. The van der Waals surface area contributed by atoms with Gasteiger partial charge in [0.15, 0.2) is 0 Å². The number of nitriles is 1. The quantitative estimate of drug-likeness (QED) is 0.497. The monoisotopic (exact) mass is 455 g/mol. The number of hydrogen-bond acceptors (Lipinski definition) is 7. The van der Waals surface area contributed by atoms with Gasteiger partial charge in [-0.15, -0.1) is 0 Å². The Labute approximate surface area is 195 Å². The number of nitrogens with one attached hydrogen (secondary N) is 1. The highest BCUT2D eigenvalue weighted by atomic mass is 16.5. The maximum Gasteiger partial charge on any atom is 0.412 e. The molecule has 0 aliphatic carbocycles. The molecule has 0 bridgehead atoms. The number of carbonyl (C=O) groups excluding carboxylic acids is 2. The van der Waals surface area contributed by atoms with Crippen LogP contribution in [-0.2, 0) is 4.74 Å². The summed E-state index contributed by atoms with van der Waals surface area (Å²) in [4.78, 5) is 38.9. The van der Waals surface area contributed by atoms with E-state index < -0.39 is 6.09 Å². The van der Waals surface area contributed by atoms with Crippen LogP contribution < -0.4 is 10.2 Å². The fraction of sp³-hybridized carbons (Fsp3) is 0.167. The van der Waals surface area contributed by atoms with Gasteiger partial charge in [0.1, 0.15) is 23.2 Å². The molecule has 0 aromatic carbocycles. The van der Waals surface area contributed by atoms with E-state index in [0.29, 0.717) is 22.6 Å². The van der Waals surface area contributed by atoms with Gasteiger partial charge < -0.3 is 9.64 Å². The minimum atomic E-state index is -0.602. The molecule has 0 aliphatic heterocycles. The Balaban J connectivity index is 1.69. The largest absolute Gasteiger partial charge is 0.453 e. The molecule has 0 atom stereocenters. The van der Waals surface area contributed by atoms with E-state index in [4.69, 9.17) is 5.26 Å². The van der Waals surface area contributed by atoms with Gasteiger partial charge in [-0.3, -0.25) is 14.5 Å². The number of hydrogen-bond donors (Lipinski definition) is 1. The third-order valence-electron chi connectivity index (χ3n) is 5.39. The molecule has 170 valence electrons. The van der Waals surface area contributed by atoms with Gasteiger partial charge in [-0.25, -0.2) is 19.7 Å². The molecule has 0 radical (unpaired) electrons. The highest BCUT2D eigenvalue weighted by molar-refractivity contribution is 6.04. The van der Waals surface area contributed by atoms with E-state index in [-0.39, 0.29) is 11.6 Å². The van der Waals surface area contributed by atoms with Crippen molar-refractivity contribution in [1.29, 1.82) is 5.26 Å². The first-order chi connectivity index (χ1) is 16.3. The van der Waals surface area contributed by atoms with E-state index in [0.717, 1.165) is 22.5 Å². The number of carbonyl (C=O) groups is 2. The number of methoxy groups -OCH3 is 1. The van der Waals surface area contributed by atoms with E-state index >= 15 is 0 Å². The second-order valence-corrected chi connectivity index (χ2v) is 7.63. The lowest BCUT2D eigenvalue weighted by atomic mass is 10.1. The molecule has 10 nitrogen and oxygen atoms in total. The fourth-order valence-corrected chi connectivity index (χ4v) is 3.49. The molecule has 0 spiro atoms. The zero-order chi connectivity index (χ0) is 24.4. The molecule has 1 N–H and O–H groups in total. The van der Waals surface area contributed by atoms with Crippen LogP contribution in [0.1, 0.15) is 27.2 Å². The smallest absolute Gasteiger partial charge is 0.412 e. The first-order valence-corrected chi connectivity index (χ1v) is 10.3. The zero-order valence-corrected chi connectivity index (χ0v) is 19.0. The molecule has 0 saturated heterocycles. The van der Waals surface area contributed by atoms with Crippen LogP contribution in [0.2, 0.25) is 0 Å². The highest BCUT2D eigenvalue weighted by Gasteiger charge is 2.19. The van der Waals surface area contributed by atoms with Crippen LogP contribution in [0.4, 0.5) is 16.3 Å². The summed E-state index contributed by atoms with van der Waals surface area (Å²) in [7, 11) is 2.95.